The third kappa shape index (κ3) is 3.94. The van der Waals surface area contributed by atoms with Gasteiger partial charge in [-0.2, -0.15) is 0 Å². The highest BCUT2D eigenvalue weighted by Crippen LogP contribution is 2.21. The summed E-state index contributed by atoms with van der Waals surface area (Å²) < 4.78 is 27.5. The standard InChI is InChI=1S/C14H22N2O2S/c15-13-10-6-7-11-14(13)19(17,18)16-12-8-4-2-1-3-5-9-12/h6-7,10-12,16H,1-5,8-9,15H2. The lowest BCUT2D eigenvalue weighted by Gasteiger charge is -2.21. The Morgan fingerprint density at radius 1 is 1.00 bits per heavy atom. The van der Waals surface area contributed by atoms with Crippen LogP contribution in [0.25, 0.3) is 0 Å². The number of anilines is 1. The van der Waals surface area contributed by atoms with Gasteiger partial charge in [0.2, 0.25) is 10.0 Å². The summed E-state index contributed by atoms with van der Waals surface area (Å²) in [6, 6.07) is 6.66. The van der Waals surface area contributed by atoms with E-state index in [1.807, 2.05) is 0 Å². The van der Waals surface area contributed by atoms with E-state index < -0.39 is 10.0 Å². The molecule has 1 aromatic carbocycles. The fourth-order valence-electron chi connectivity index (χ4n) is 2.58. The fourth-order valence-corrected chi connectivity index (χ4v) is 4.02. The van der Waals surface area contributed by atoms with Crippen molar-refractivity contribution in [2.75, 3.05) is 5.73 Å². The summed E-state index contributed by atoms with van der Waals surface area (Å²) >= 11 is 0. The van der Waals surface area contributed by atoms with Gasteiger partial charge in [-0.25, -0.2) is 13.1 Å². The average molecular weight is 282 g/mol. The Kier molecular flexibility index (Phi) is 4.82. The lowest BCUT2D eigenvalue weighted by Crippen LogP contribution is -2.35. The van der Waals surface area contributed by atoms with Gasteiger partial charge in [-0.1, -0.05) is 44.2 Å². The number of nitrogens with two attached hydrogens (primary N) is 1. The second kappa shape index (κ2) is 6.39. The van der Waals surface area contributed by atoms with Crippen molar-refractivity contribution in [1.82, 2.24) is 4.72 Å². The lowest BCUT2D eigenvalue weighted by atomic mass is 9.97. The zero-order valence-electron chi connectivity index (χ0n) is 11.1. The summed E-state index contributed by atoms with van der Waals surface area (Å²) in [5.74, 6) is 0. The Morgan fingerprint density at radius 2 is 1.58 bits per heavy atom. The summed E-state index contributed by atoms with van der Waals surface area (Å²) in [5.41, 5.74) is 6.05. The molecule has 0 aliphatic heterocycles. The van der Waals surface area contributed by atoms with Crippen molar-refractivity contribution in [3.05, 3.63) is 24.3 Å². The zero-order valence-corrected chi connectivity index (χ0v) is 12.0. The number of hydrogen-bond donors (Lipinski definition) is 2. The molecule has 0 spiro atoms. The van der Waals surface area contributed by atoms with E-state index in [0.29, 0.717) is 5.69 Å². The van der Waals surface area contributed by atoms with E-state index in [0.717, 1.165) is 25.7 Å². The van der Waals surface area contributed by atoms with Crippen LogP contribution in [0.15, 0.2) is 29.2 Å². The molecule has 19 heavy (non-hydrogen) atoms. The van der Waals surface area contributed by atoms with Gasteiger partial charge >= 0.3 is 0 Å². The van der Waals surface area contributed by atoms with Crippen LogP contribution >= 0.6 is 0 Å². The molecule has 1 fully saturated rings. The molecular weight excluding hydrogens is 260 g/mol. The molecule has 1 aliphatic carbocycles. The average Bonchev–Trinajstić information content (AvgIpc) is 2.33. The molecule has 4 nitrogen and oxygen atoms in total. The van der Waals surface area contributed by atoms with Gasteiger partial charge < -0.3 is 5.73 Å². The quantitative estimate of drug-likeness (QED) is 0.837. The van der Waals surface area contributed by atoms with Crippen molar-refractivity contribution in [1.29, 1.82) is 0 Å². The third-order valence-electron chi connectivity index (χ3n) is 3.64. The van der Waals surface area contributed by atoms with Crippen molar-refractivity contribution in [3.63, 3.8) is 0 Å². The molecule has 2 rings (SSSR count). The summed E-state index contributed by atoms with van der Waals surface area (Å²) in [6.07, 6.45) is 7.70. The van der Waals surface area contributed by atoms with Crippen LogP contribution in [-0.2, 0) is 10.0 Å². The van der Waals surface area contributed by atoms with Gasteiger partial charge in [-0.15, -0.1) is 0 Å². The molecular formula is C14H22N2O2S. The Hall–Kier alpha value is -1.07. The van der Waals surface area contributed by atoms with Crippen LogP contribution in [0.4, 0.5) is 5.69 Å². The lowest BCUT2D eigenvalue weighted by molar-refractivity contribution is 0.426. The first-order valence-corrected chi connectivity index (χ1v) is 8.45. The van der Waals surface area contributed by atoms with Crippen LogP contribution in [0.2, 0.25) is 0 Å². The number of nitrogens with one attached hydrogen (secondary N) is 1. The predicted octanol–water partition coefficient (Wildman–Crippen LogP) is 2.66. The van der Waals surface area contributed by atoms with Gasteiger partial charge in [0, 0.05) is 6.04 Å². The Morgan fingerprint density at radius 3 is 2.21 bits per heavy atom. The van der Waals surface area contributed by atoms with Crippen molar-refractivity contribution < 1.29 is 8.42 Å². The van der Waals surface area contributed by atoms with Crippen LogP contribution in [0, 0.1) is 0 Å². The molecule has 0 bridgehead atoms. The minimum Gasteiger partial charge on any atom is -0.398 e. The minimum atomic E-state index is -3.49. The molecule has 0 heterocycles. The molecule has 0 aromatic heterocycles. The Bertz CT molecular complexity index is 506. The van der Waals surface area contributed by atoms with E-state index >= 15 is 0 Å². The van der Waals surface area contributed by atoms with Crippen molar-refractivity contribution in [2.24, 2.45) is 0 Å². The smallest absolute Gasteiger partial charge is 0.242 e. The number of nitrogen functional groups attached to an aromatic ring is 1. The van der Waals surface area contributed by atoms with E-state index in [4.69, 9.17) is 5.73 Å². The van der Waals surface area contributed by atoms with Crippen LogP contribution in [-0.4, -0.2) is 14.5 Å². The van der Waals surface area contributed by atoms with Crippen molar-refractivity contribution >= 4 is 15.7 Å². The van der Waals surface area contributed by atoms with Gasteiger partial charge in [0.1, 0.15) is 4.90 Å². The second-order valence-electron chi connectivity index (χ2n) is 5.20. The van der Waals surface area contributed by atoms with Gasteiger partial charge in [-0.05, 0) is 25.0 Å². The van der Waals surface area contributed by atoms with E-state index in [9.17, 15) is 8.42 Å². The molecule has 3 N–H and O–H groups in total. The highest BCUT2D eigenvalue weighted by atomic mass is 32.2. The van der Waals surface area contributed by atoms with E-state index in [1.54, 1.807) is 24.3 Å². The number of hydrogen-bond acceptors (Lipinski definition) is 3. The second-order valence-corrected chi connectivity index (χ2v) is 6.88. The highest BCUT2D eigenvalue weighted by molar-refractivity contribution is 7.89. The molecule has 1 saturated carbocycles. The van der Waals surface area contributed by atoms with E-state index in [2.05, 4.69) is 4.72 Å². The summed E-state index contributed by atoms with van der Waals surface area (Å²) in [6.45, 7) is 0. The Labute approximate surface area is 115 Å². The molecule has 0 saturated heterocycles. The van der Waals surface area contributed by atoms with Gasteiger partial charge in [0.25, 0.3) is 0 Å². The molecule has 1 aromatic rings. The summed E-state index contributed by atoms with van der Waals surface area (Å²) in [4.78, 5) is 0.192. The van der Waals surface area contributed by atoms with Crippen LogP contribution < -0.4 is 10.5 Å². The van der Waals surface area contributed by atoms with Crippen molar-refractivity contribution in [2.45, 2.75) is 55.9 Å². The third-order valence-corrected chi connectivity index (χ3v) is 5.23. The van der Waals surface area contributed by atoms with Gasteiger partial charge in [0.05, 0.1) is 5.69 Å². The molecule has 0 amide bonds. The minimum absolute atomic E-state index is 0.0462. The topological polar surface area (TPSA) is 72.2 Å². The molecule has 0 radical (unpaired) electrons. The normalized spacial score (nSPS) is 18.7. The van der Waals surface area contributed by atoms with E-state index in [-0.39, 0.29) is 10.9 Å². The summed E-state index contributed by atoms with van der Waals surface area (Å²) in [5, 5.41) is 0. The maximum atomic E-state index is 12.3. The van der Waals surface area contributed by atoms with Crippen LogP contribution in [0.5, 0.6) is 0 Å². The Balaban J connectivity index is 2.10. The number of para-hydroxylation sites is 1. The maximum Gasteiger partial charge on any atom is 0.242 e. The maximum absolute atomic E-state index is 12.3. The SMILES string of the molecule is Nc1ccccc1S(=O)(=O)NC1CCCCCCC1. The number of benzene rings is 1. The van der Waals surface area contributed by atoms with E-state index in [1.165, 1.54) is 19.3 Å². The van der Waals surface area contributed by atoms with Crippen LogP contribution in [0.3, 0.4) is 0 Å². The zero-order chi connectivity index (χ0) is 13.7. The molecule has 106 valence electrons. The first-order valence-electron chi connectivity index (χ1n) is 6.96. The molecule has 1 aliphatic rings. The van der Waals surface area contributed by atoms with Gasteiger partial charge in [-0.3, -0.25) is 0 Å². The first-order chi connectivity index (χ1) is 9.09. The van der Waals surface area contributed by atoms with Crippen LogP contribution in [0.1, 0.15) is 44.9 Å². The van der Waals surface area contributed by atoms with Crippen molar-refractivity contribution in [3.8, 4) is 0 Å². The molecule has 0 unspecified atom stereocenters. The first kappa shape index (κ1) is 14.3. The highest BCUT2D eigenvalue weighted by Gasteiger charge is 2.22. The molecule has 5 heteroatoms. The predicted molar refractivity (Wildman–Crippen MR) is 77.3 cm³/mol. The van der Waals surface area contributed by atoms with Gasteiger partial charge in [0.15, 0.2) is 0 Å². The number of sulfonamides is 1. The summed E-state index contributed by atoms with van der Waals surface area (Å²) in [7, 11) is -3.49. The largest absolute Gasteiger partial charge is 0.398 e. The number of rotatable bonds is 3. The monoisotopic (exact) mass is 282 g/mol. The molecule has 0 atom stereocenters. The fraction of sp³-hybridized carbons (Fsp3) is 0.571.